The smallest absolute Gasteiger partial charge is 0.0576 e. The molecule has 0 amide bonds. The van der Waals surface area contributed by atoms with Crippen molar-refractivity contribution >= 4 is 0 Å². The predicted octanol–water partition coefficient (Wildman–Crippen LogP) is 7.21. The molecule has 5 saturated carbocycles. The van der Waals surface area contributed by atoms with E-state index in [-0.39, 0.29) is 12.2 Å². The van der Waals surface area contributed by atoms with E-state index < -0.39 is 0 Å². The lowest BCUT2D eigenvalue weighted by atomic mass is 9.48. The van der Waals surface area contributed by atoms with Gasteiger partial charge in [-0.25, -0.2) is 0 Å². The van der Waals surface area contributed by atoms with Crippen molar-refractivity contribution in [2.24, 2.45) is 51.8 Å². The van der Waals surface area contributed by atoms with Crippen molar-refractivity contribution in [3.05, 3.63) is 35.9 Å². The molecule has 37 heavy (non-hydrogen) atoms. The van der Waals surface area contributed by atoms with Crippen LogP contribution in [0.2, 0.25) is 0 Å². The molecule has 10 unspecified atom stereocenters. The number of aliphatic hydroxyl groups excluding tert-OH is 2. The number of hydrogen-bond donors (Lipinski definition) is 3. The zero-order valence-corrected chi connectivity index (χ0v) is 24.4. The molecule has 0 heterocycles. The van der Waals surface area contributed by atoms with Crippen molar-refractivity contribution in [2.75, 3.05) is 6.54 Å². The minimum atomic E-state index is -0.104. The van der Waals surface area contributed by atoms with Crippen molar-refractivity contribution < 1.29 is 10.2 Å². The van der Waals surface area contributed by atoms with Gasteiger partial charge in [-0.2, -0.15) is 0 Å². The third-order valence-electron chi connectivity index (χ3n) is 13.0. The zero-order chi connectivity index (χ0) is 26.4. The molecule has 2 spiro atoms. The summed E-state index contributed by atoms with van der Waals surface area (Å²) in [6, 6.07) is 10.7. The highest BCUT2D eigenvalue weighted by Crippen LogP contribution is 2.88. The average Bonchev–Trinajstić information content (AvgIpc) is 3.33. The molecule has 6 rings (SSSR count). The Morgan fingerprint density at radius 1 is 0.838 bits per heavy atom. The molecule has 0 aromatic heterocycles. The molecule has 5 aliphatic rings. The van der Waals surface area contributed by atoms with Gasteiger partial charge in [-0.05, 0) is 122 Å². The second-order valence-electron chi connectivity index (χ2n) is 13.7. The monoisotopic (exact) mass is 509 g/mol. The third-order valence-corrected chi connectivity index (χ3v) is 13.0. The van der Waals surface area contributed by atoms with Crippen molar-refractivity contribution in [3.8, 4) is 0 Å². The van der Waals surface area contributed by atoms with Crippen LogP contribution >= 0.6 is 0 Å². The van der Waals surface area contributed by atoms with Crippen molar-refractivity contribution in [2.45, 2.75) is 118 Å². The highest BCUT2D eigenvalue weighted by Gasteiger charge is 2.83. The third kappa shape index (κ3) is 4.08. The van der Waals surface area contributed by atoms with Gasteiger partial charge in [-0.3, -0.25) is 0 Å². The van der Waals surface area contributed by atoms with Gasteiger partial charge in [0.15, 0.2) is 0 Å². The predicted molar refractivity (Wildman–Crippen MR) is 153 cm³/mol. The molecule has 3 N–H and O–H groups in total. The van der Waals surface area contributed by atoms with Crippen LogP contribution in [0.5, 0.6) is 0 Å². The van der Waals surface area contributed by atoms with E-state index in [1.165, 1.54) is 56.9 Å². The Hall–Kier alpha value is -0.900. The normalized spacial score (nSPS) is 47.5. The van der Waals surface area contributed by atoms with E-state index in [4.69, 9.17) is 0 Å². The fourth-order valence-corrected chi connectivity index (χ4v) is 11.4. The van der Waals surface area contributed by atoms with Crippen LogP contribution in [0.3, 0.4) is 0 Å². The lowest BCUT2D eigenvalue weighted by Crippen LogP contribution is -2.51. The number of rotatable bonds is 7. The van der Waals surface area contributed by atoms with Gasteiger partial charge in [-0.1, -0.05) is 71.4 Å². The van der Waals surface area contributed by atoms with Crippen LogP contribution in [-0.4, -0.2) is 29.0 Å². The Kier molecular flexibility index (Phi) is 7.91. The summed E-state index contributed by atoms with van der Waals surface area (Å²) in [7, 11) is 0. The number of fused-ring (bicyclic) bond motifs is 2. The van der Waals surface area contributed by atoms with Gasteiger partial charge in [-0.15, -0.1) is 0 Å². The summed E-state index contributed by atoms with van der Waals surface area (Å²) in [6.45, 7) is 13.5. The molecule has 3 heteroatoms. The van der Waals surface area contributed by atoms with Gasteiger partial charge >= 0.3 is 0 Å². The Morgan fingerprint density at radius 3 is 2.30 bits per heavy atom. The minimum absolute atomic E-state index is 0.0826. The minimum Gasteiger partial charge on any atom is -0.393 e. The maximum Gasteiger partial charge on any atom is 0.0576 e. The van der Waals surface area contributed by atoms with Gasteiger partial charge in [0, 0.05) is 6.54 Å². The van der Waals surface area contributed by atoms with Crippen LogP contribution in [0.4, 0.5) is 0 Å². The largest absolute Gasteiger partial charge is 0.393 e. The first-order chi connectivity index (χ1) is 17.9. The molecule has 208 valence electrons. The molecule has 0 aliphatic heterocycles. The second kappa shape index (κ2) is 10.6. The Bertz CT molecular complexity index is 904. The van der Waals surface area contributed by atoms with Crippen LogP contribution in [0.25, 0.3) is 0 Å². The van der Waals surface area contributed by atoms with Gasteiger partial charge in [0.1, 0.15) is 0 Å². The van der Waals surface area contributed by atoms with Crippen LogP contribution in [0, 0.1) is 51.8 Å². The SMILES string of the molecule is CC.CC1C(O)CCC23C1CCC1C4CC(O)C(CCCCNCc5ccccc5)C4(C)CCC12[C@@H]3C. The highest BCUT2D eigenvalue weighted by molar-refractivity contribution is 5.31. The van der Waals surface area contributed by atoms with Crippen LogP contribution in [0.1, 0.15) is 104 Å². The maximum absolute atomic E-state index is 11.3. The first kappa shape index (κ1) is 27.7. The molecule has 5 aliphatic carbocycles. The fourth-order valence-electron chi connectivity index (χ4n) is 11.4. The Balaban J connectivity index is 0.00000137. The molecule has 1 aromatic rings. The van der Waals surface area contributed by atoms with Crippen molar-refractivity contribution in [1.29, 1.82) is 0 Å². The second-order valence-corrected chi connectivity index (χ2v) is 13.7. The van der Waals surface area contributed by atoms with Gasteiger partial charge < -0.3 is 15.5 Å². The summed E-state index contributed by atoms with van der Waals surface area (Å²) in [4.78, 5) is 0. The first-order valence-corrected chi connectivity index (χ1v) is 16.0. The van der Waals surface area contributed by atoms with Crippen molar-refractivity contribution in [3.63, 3.8) is 0 Å². The fraction of sp³-hybridized carbons (Fsp3) is 0.824. The van der Waals surface area contributed by atoms with E-state index in [2.05, 4.69) is 56.4 Å². The molecule has 11 atom stereocenters. The quantitative estimate of drug-likeness (QED) is 0.340. The summed E-state index contributed by atoms with van der Waals surface area (Å²) in [5.41, 5.74) is 2.70. The highest BCUT2D eigenvalue weighted by atomic mass is 16.3. The standard InChI is InChI=1S/C32H49NO2.C2H6/c1-21-24-12-13-25-27-19-29(35)26(11-7-8-18-33-20-23-9-5-4-6-10-23)30(27,3)16-17-32(25)22(2)31(24,32)15-14-28(21)34;1-2/h4-6,9-10,21-22,24-29,33-35H,7-8,11-20H2,1-3H3;1-2H3/t21?,22-,24?,25?,26?,27?,28?,29?,30?,31?,32?;/m1./s1. The Labute approximate surface area is 227 Å². The van der Waals surface area contributed by atoms with E-state index in [0.29, 0.717) is 34.0 Å². The zero-order valence-electron chi connectivity index (χ0n) is 24.4. The van der Waals surface area contributed by atoms with E-state index in [0.717, 1.165) is 43.7 Å². The lowest BCUT2D eigenvalue weighted by Gasteiger charge is -2.56. The molecule has 0 bridgehead atoms. The van der Waals surface area contributed by atoms with Crippen LogP contribution < -0.4 is 5.32 Å². The molecule has 0 radical (unpaired) electrons. The summed E-state index contributed by atoms with van der Waals surface area (Å²) in [6.07, 6.45) is 12.1. The van der Waals surface area contributed by atoms with E-state index in [9.17, 15) is 10.2 Å². The summed E-state index contributed by atoms with van der Waals surface area (Å²) in [5.74, 6) is 4.01. The number of hydrogen-bond acceptors (Lipinski definition) is 3. The molecular weight excluding hydrogens is 454 g/mol. The van der Waals surface area contributed by atoms with E-state index >= 15 is 0 Å². The number of nitrogens with one attached hydrogen (secondary N) is 1. The maximum atomic E-state index is 11.3. The van der Waals surface area contributed by atoms with Crippen molar-refractivity contribution in [1.82, 2.24) is 5.32 Å². The van der Waals surface area contributed by atoms with Gasteiger partial charge in [0.2, 0.25) is 0 Å². The summed E-state index contributed by atoms with van der Waals surface area (Å²) >= 11 is 0. The molecule has 3 nitrogen and oxygen atoms in total. The topological polar surface area (TPSA) is 52.5 Å². The number of benzene rings is 1. The molecule has 1 aromatic carbocycles. The average molecular weight is 510 g/mol. The number of unbranched alkanes of at least 4 members (excludes halogenated alkanes) is 1. The summed E-state index contributed by atoms with van der Waals surface area (Å²) in [5, 5.41) is 25.6. The lowest BCUT2D eigenvalue weighted by molar-refractivity contribution is -0.0986. The van der Waals surface area contributed by atoms with Gasteiger partial charge in [0.05, 0.1) is 12.2 Å². The first-order valence-electron chi connectivity index (χ1n) is 16.0. The van der Waals surface area contributed by atoms with Crippen LogP contribution in [-0.2, 0) is 6.54 Å². The number of aliphatic hydroxyl groups is 2. The van der Waals surface area contributed by atoms with Crippen LogP contribution in [0.15, 0.2) is 30.3 Å². The summed E-state index contributed by atoms with van der Waals surface area (Å²) < 4.78 is 0. The van der Waals surface area contributed by atoms with E-state index in [1.54, 1.807) is 0 Å². The Morgan fingerprint density at radius 2 is 1.54 bits per heavy atom. The van der Waals surface area contributed by atoms with E-state index in [1.807, 2.05) is 13.8 Å². The molecular formula is C34H55NO2. The molecule has 5 fully saturated rings. The molecule has 0 saturated heterocycles. The van der Waals surface area contributed by atoms with Gasteiger partial charge in [0.25, 0.3) is 0 Å².